The standard InChI is InChI=1S/C25H37N3O5S2/c1-16(2)20(10-9-17(26)15-34)24(30)28-14-19(33-18-7-5-4-6-8-18)13-22(28)23(29)27-21(25(31)32)11-12-35-3/h4-10,16-17,19-22,34H,11-15,26H2,1-3H3,(H,27,29)(H,31,32)/b10-9+/t17-,19+,20-,21+,22+/m1/s1. The van der Waals surface area contributed by atoms with Gasteiger partial charge < -0.3 is 25.8 Å². The number of carboxylic acid groups (broad SMARTS) is 1. The van der Waals surface area contributed by atoms with Gasteiger partial charge in [-0.05, 0) is 36.5 Å². The molecule has 35 heavy (non-hydrogen) atoms. The monoisotopic (exact) mass is 523 g/mol. The van der Waals surface area contributed by atoms with Gasteiger partial charge in [0, 0.05) is 18.2 Å². The van der Waals surface area contributed by atoms with Gasteiger partial charge in [0.25, 0.3) is 0 Å². The van der Waals surface area contributed by atoms with Gasteiger partial charge in [-0.2, -0.15) is 24.4 Å². The van der Waals surface area contributed by atoms with Crippen LogP contribution in [-0.4, -0.2) is 76.3 Å². The second-order valence-electron chi connectivity index (χ2n) is 8.98. The number of amides is 2. The van der Waals surface area contributed by atoms with Gasteiger partial charge in [0.15, 0.2) is 0 Å². The molecule has 1 fully saturated rings. The molecule has 0 saturated carbocycles. The van der Waals surface area contributed by atoms with E-state index in [1.165, 1.54) is 16.7 Å². The number of hydrogen-bond acceptors (Lipinski definition) is 7. The summed E-state index contributed by atoms with van der Waals surface area (Å²) in [4.78, 5) is 40.1. The van der Waals surface area contributed by atoms with Gasteiger partial charge in [-0.1, -0.05) is 44.2 Å². The molecule has 0 aromatic heterocycles. The smallest absolute Gasteiger partial charge is 0.326 e. The van der Waals surface area contributed by atoms with Crippen LogP contribution in [0.4, 0.5) is 0 Å². The lowest BCUT2D eigenvalue weighted by molar-refractivity contribution is -0.144. The summed E-state index contributed by atoms with van der Waals surface area (Å²) in [7, 11) is 0. The van der Waals surface area contributed by atoms with Crippen molar-refractivity contribution in [3.8, 4) is 5.75 Å². The van der Waals surface area contributed by atoms with Crippen molar-refractivity contribution in [1.29, 1.82) is 0 Å². The Bertz CT molecular complexity index is 868. The number of aliphatic carboxylic acids is 1. The van der Waals surface area contributed by atoms with E-state index in [1.807, 2.05) is 50.4 Å². The van der Waals surface area contributed by atoms with Crippen molar-refractivity contribution in [3.63, 3.8) is 0 Å². The number of rotatable bonds is 13. The highest BCUT2D eigenvalue weighted by Crippen LogP contribution is 2.27. The van der Waals surface area contributed by atoms with Crippen molar-refractivity contribution in [1.82, 2.24) is 10.2 Å². The summed E-state index contributed by atoms with van der Waals surface area (Å²) in [6.07, 6.45) is 5.60. The Morgan fingerprint density at radius 2 is 1.97 bits per heavy atom. The van der Waals surface area contributed by atoms with Crippen molar-refractivity contribution in [3.05, 3.63) is 42.5 Å². The number of nitrogens with one attached hydrogen (secondary N) is 1. The van der Waals surface area contributed by atoms with E-state index in [4.69, 9.17) is 10.5 Å². The molecule has 0 aliphatic carbocycles. The Hall–Kier alpha value is -2.17. The number of para-hydroxylation sites is 1. The molecule has 0 spiro atoms. The van der Waals surface area contributed by atoms with E-state index in [9.17, 15) is 19.5 Å². The van der Waals surface area contributed by atoms with Crippen LogP contribution in [0.3, 0.4) is 0 Å². The molecule has 5 atom stereocenters. The molecule has 10 heteroatoms. The largest absolute Gasteiger partial charge is 0.488 e. The number of carbonyl (C=O) groups excluding carboxylic acids is 2. The summed E-state index contributed by atoms with van der Waals surface area (Å²) in [5.74, 6) is -0.615. The molecule has 8 nitrogen and oxygen atoms in total. The molecule has 2 amide bonds. The Morgan fingerprint density at radius 3 is 2.54 bits per heavy atom. The maximum Gasteiger partial charge on any atom is 0.326 e. The Kier molecular flexibility index (Phi) is 12.0. The Labute approximate surface area is 217 Å². The second-order valence-corrected chi connectivity index (χ2v) is 10.3. The maximum absolute atomic E-state index is 13.7. The summed E-state index contributed by atoms with van der Waals surface area (Å²) in [6, 6.07) is 7.09. The fourth-order valence-corrected chi connectivity index (χ4v) is 4.53. The Morgan fingerprint density at radius 1 is 1.29 bits per heavy atom. The molecule has 4 N–H and O–H groups in total. The summed E-state index contributed by atoms with van der Waals surface area (Å²) in [5.41, 5.74) is 5.95. The average Bonchev–Trinajstić information content (AvgIpc) is 3.25. The highest BCUT2D eigenvalue weighted by Gasteiger charge is 2.43. The summed E-state index contributed by atoms with van der Waals surface area (Å²) in [5, 5.41) is 12.2. The predicted octanol–water partition coefficient (Wildman–Crippen LogP) is 2.44. The van der Waals surface area contributed by atoms with E-state index in [0.717, 1.165) is 0 Å². The van der Waals surface area contributed by atoms with E-state index in [-0.39, 0.29) is 30.8 Å². The van der Waals surface area contributed by atoms with Crippen molar-refractivity contribution < 1.29 is 24.2 Å². The minimum absolute atomic E-state index is 0.0305. The third kappa shape index (κ3) is 8.77. The molecule has 0 unspecified atom stereocenters. The lowest BCUT2D eigenvalue weighted by atomic mass is 9.93. The van der Waals surface area contributed by atoms with Crippen LogP contribution < -0.4 is 15.8 Å². The number of nitrogens with two attached hydrogens (primary N) is 1. The van der Waals surface area contributed by atoms with E-state index >= 15 is 0 Å². The zero-order valence-corrected chi connectivity index (χ0v) is 22.2. The number of likely N-dealkylation sites (tertiary alicyclic amines) is 1. The molecule has 1 aliphatic rings. The first kappa shape index (κ1) is 29.1. The van der Waals surface area contributed by atoms with Crippen molar-refractivity contribution in [2.75, 3.05) is 24.3 Å². The fraction of sp³-hybridized carbons (Fsp3) is 0.560. The minimum Gasteiger partial charge on any atom is -0.488 e. The van der Waals surface area contributed by atoms with Crippen LogP contribution in [0.2, 0.25) is 0 Å². The molecular weight excluding hydrogens is 486 g/mol. The van der Waals surface area contributed by atoms with Crippen LogP contribution in [0, 0.1) is 11.8 Å². The average molecular weight is 524 g/mol. The summed E-state index contributed by atoms with van der Waals surface area (Å²) in [6.45, 7) is 4.10. The van der Waals surface area contributed by atoms with Crippen LogP contribution in [0.25, 0.3) is 0 Å². The molecule has 1 aliphatic heterocycles. The number of thiol groups is 1. The molecule has 1 heterocycles. The predicted molar refractivity (Wildman–Crippen MR) is 143 cm³/mol. The van der Waals surface area contributed by atoms with Crippen LogP contribution >= 0.6 is 24.4 Å². The summed E-state index contributed by atoms with van der Waals surface area (Å²) >= 11 is 5.70. The number of thioether (sulfide) groups is 1. The number of benzene rings is 1. The normalized spacial score (nSPS) is 20.6. The number of carbonyl (C=O) groups is 3. The quantitative estimate of drug-likeness (QED) is 0.231. The first-order chi connectivity index (χ1) is 16.7. The fourth-order valence-electron chi connectivity index (χ4n) is 3.93. The number of carboxylic acids is 1. The topological polar surface area (TPSA) is 122 Å². The Balaban J connectivity index is 2.28. The van der Waals surface area contributed by atoms with Crippen molar-refractivity contribution in [2.24, 2.45) is 17.6 Å². The second kappa shape index (κ2) is 14.4. The molecule has 1 aromatic carbocycles. The zero-order chi connectivity index (χ0) is 26.0. The molecule has 194 valence electrons. The number of nitrogens with zero attached hydrogens (tertiary/aromatic N) is 1. The first-order valence-corrected chi connectivity index (χ1v) is 13.8. The minimum atomic E-state index is -1.09. The van der Waals surface area contributed by atoms with E-state index in [1.54, 1.807) is 12.2 Å². The molecular formula is C25H37N3O5S2. The van der Waals surface area contributed by atoms with Gasteiger partial charge in [0.05, 0.1) is 12.5 Å². The van der Waals surface area contributed by atoms with Gasteiger partial charge in [0.2, 0.25) is 11.8 Å². The van der Waals surface area contributed by atoms with Gasteiger partial charge in [-0.15, -0.1) is 0 Å². The van der Waals surface area contributed by atoms with Crippen LogP contribution in [0.15, 0.2) is 42.5 Å². The van der Waals surface area contributed by atoms with Gasteiger partial charge in [-0.25, -0.2) is 4.79 Å². The van der Waals surface area contributed by atoms with E-state index in [2.05, 4.69) is 17.9 Å². The number of ether oxygens (including phenoxy) is 1. The van der Waals surface area contributed by atoms with E-state index in [0.29, 0.717) is 23.7 Å². The van der Waals surface area contributed by atoms with Gasteiger partial charge in [0.1, 0.15) is 23.9 Å². The highest BCUT2D eigenvalue weighted by molar-refractivity contribution is 7.98. The SMILES string of the molecule is CSCC[C@H](NC(=O)[C@@H]1C[C@H](Oc2ccccc2)CN1C(=O)[C@H](/C=C/[C@@H](N)CS)C(C)C)C(=O)O. The van der Waals surface area contributed by atoms with Gasteiger partial charge in [-0.3, -0.25) is 9.59 Å². The maximum atomic E-state index is 13.7. The third-order valence-corrected chi connectivity index (χ3v) is 6.97. The van der Waals surface area contributed by atoms with Crippen LogP contribution in [0.1, 0.15) is 26.7 Å². The molecule has 1 saturated heterocycles. The lowest BCUT2D eigenvalue weighted by Gasteiger charge is -2.29. The van der Waals surface area contributed by atoms with Crippen molar-refractivity contribution in [2.45, 2.75) is 50.9 Å². The summed E-state index contributed by atoms with van der Waals surface area (Å²) < 4.78 is 6.07. The molecule has 0 radical (unpaired) electrons. The lowest BCUT2D eigenvalue weighted by Crippen LogP contribution is -2.52. The van der Waals surface area contributed by atoms with E-state index < -0.39 is 36.0 Å². The third-order valence-electron chi connectivity index (χ3n) is 5.90. The highest BCUT2D eigenvalue weighted by atomic mass is 32.2. The zero-order valence-electron chi connectivity index (χ0n) is 20.5. The molecule has 0 bridgehead atoms. The van der Waals surface area contributed by atoms with Crippen LogP contribution in [-0.2, 0) is 14.4 Å². The first-order valence-electron chi connectivity index (χ1n) is 11.8. The molecule has 2 rings (SSSR count). The van der Waals surface area contributed by atoms with Gasteiger partial charge >= 0.3 is 5.97 Å². The number of hydrogen-bond donors (Lipinski definition) is 4. The van der Waals surface area contributed by atoms with Crippen LogP contribution in [0.5, 0.6) is 5.75 Å². The molecule has 1 aromatic rings. The van der Waals surface area contributed by atoms with Crippen molar-refractivity contribution >= 4 is 42.2 Å².